The maximum absolute atomic E-state index is 14.3. The lowest BCUT2D eigenvalue weighted by molar-refractivity contribution is -0.275. The van der Waals surface area contributed by atoms with E-state index in [-0.39, 0.29) is 5.56 Å². The van der Waals surface area contributed by atoms with Crippen molar-refractivity contribution in [3.63, 3.8) is 0 Å². The van der Waals surface area contributed by atoms with Gasteiger partial charge in [0.05, 0.1) is 29.1 Å². The van der Waals surface area contributed by atoms with Gasteiger partial charge in [0.1, 0.15) is 0 Å². The number of H-pyrrole nitrogens is 1. The molecule has 0 radical (unpaired) electrons. The van der Waals surface area contributed by atoms with Crippen LogP contribution in [0.3, 0.4) is 0 Å². The fraction of sp³-hybridized carbons (Fsp3) is 0.0952. The van der Waals surface area contributed by atoms with Crippen LogP contribution < -0.4 is 10.1 Å². The molecule has 0 saturated heterocycles. The summed E-state index contributed by atoms with van der Waals surface area (Å²) in [6.45, 7) is 0. The zero-order valence-corrected chi connectivity index (χ0v) is 15.7. The van der Waals surface area contributed by atoms with Crippen LogP contribution in [0.2, 0.25) is 0 Å². The number of amides is 1. The summed E-state index contributed by atoms with van der Waals surface area (Å²) in [7, 11) is 0. The average Bonchev–Trinajstić information content (AvgIpc) is 3.21. The van der Waals surface area contributed by atoms with E-state index in [0.29, 0.717) is 22.3 Å². The van der Waals surface area contributed by atoms with Crippen LogP contribution in [0.15, 0.2) is 67.1 Å². The molecule has 2 heterocycles. The number of halogens is 4. The smallest absolute Gasteiger partial charge is 0.403 e. The number of fused-ring (bicyclic) bond motifs is 1. The Morgan fingerprint density at radius 1 is 1.06 bits per heavy atom. The van der Waals surface area contributed by atoms with Crippen LogP contribution in [0.4, 0.5) is 17.6 Å². The minimum Gasteiger partial charge on any atom is -0.403 e. The number of nitrogens with one attached hydrogen (secondary N) is 2. The molecule has 4 rings (SSSR count). The molecule has 0 aliphatic rings. The third-order valence-electron chi connectivity index (χ3n) is 4.46. The van der Waals surface area contributed by atoms with Gasteiger partial charge in [-0.25, -0.2) is 9.37 Å². The maximum atomic E-state index is 14.3. The van der Waals surface area contributed by atoms with E-state index in [4.69, 9.17) is 0 Å². The number of aromatic nitrogens is 3. The summed E-state index contributed by atoms with van der Waals surface area (Å²) >= 11 is 0. The van der Waals surface area contributed by atoms with E-state index in [2.05, 4.69) is 25.0 Å². The predicted molar refractivity (Wildman–Crippen MR) is 103 cm³/mol. The fourth-order valence-corrected chi connectivity index (χ4v) is 3.07. The molecule has 0 unspecified atom stereocenters. The molecule has 1 amide bonds. The van der Waals surface area contributed by atoms with E-state index in [0.717, 1.165) is 12.1 Å². The number of carbonyl (C=O) groups is 1. The molecule has 0 aliphatic carbocycles. The lowest BCUT2D eigenvalue weighted by atomic mass is 10.0. The lowest BCUT2D eigenvalue weighted by Crippen LogP contribution is -2.30. The van der Waals surface area contributed by atoms with Gasteiger partial charge < -0.3 is 15.0 Å². The molecule has 2 aromatic carbocycles. The van der Waals surface area contributed by atoms with Gasteiger partial charge in [-0.3, -0.25) is 9.78 Å². The molecule has 4 aromatic rings. The van der Waals surface area contributed by atoms with Crippen molar-refractivity contribution in [2.75, 3.05) is 0 Å². The minimum atomic E-state index is -5.03. The maximum Gasteiger partial charge on any atom is 0.573 e. The van der Waals surface area contributed by atoms with Crippen molar-refractivity contribution in [1.29, 1.82) is 0 Å². The Labute approximate surface area is 172 Å². The van der Waals surface area contributed by atoms with Crippen LogP contribution in [0.1, 0.15) is 27.7 Å². The van der Waals surface area contributed by atoms with E-state index < -0.39 is 29.9 Å². The number of aromatic amines is 1. The molecule has 0 bridgehead atoms. The first kappa shape index (κ1) is 20.3. The Hall–Kier alpha value is -3.95. The quantitative estimate of drug-likeness (QED) is 0.457. The van der Waals surface area contributed by atoms with Crippen molar-refractivity contribution >= 4 is 16.9 Å². The molecular weight excluding hydrogens is 416 g/mol. The Kier molecular flexibility index (Phi) is 5.28. The van der Waals surface area contributed by atoms with Gasteiger partial charge in [0.15, 0.2) is 11.6 Å². The number of pyridine rings is 1. The molecule has 0 fully saturated rings. The largest absolute Gasteiger partial charge is 0.573 e. The number of hydrogen-bond donors (Lipinski definition) is 2. The van der Waals surface area contributed by atoms with Gasteiger partial charge in [-0.05, 0) is 48.0 Å². The number of benzene rings is 2. The van der Waals surface area contributed by atoms with E-state index in [1.54, 1.807) is 36.4 Å². The summed E-state index contributed by atoms with van der Waals surface area (Å²) in [5.74, 6) is -2.67. The van der Waals surface area contributed by atoms with Crippen LogP contribution in [0.5, 0.6) is 5.75 Å². The van der Waals surface area contributed by atoms with Gasteiger partial charge in [0, 0.05) is 11.8 Å². The first-order valence-electron chi connectivity index (χ1n) is 9.00. The van der Waals surface area contributed by atoms with Gasteiger partial charge in [0.2, 0.25) is 0 Å². The second-order valence-corrected chi connectivity index (χ2v) is 6.53. The second-order valence-electron chi connectivity index (χ2n) is 6.53. The average molecular weight is 430 g/mol. The molecule has 0 saturated carbocycles. The van der Waals surface area contributed by atoms with Gasteiger partial charge in [-0.2, -0.15) is 0 Å². The molecule has 31 heavy (non-hydrogen) atoms. The van der Waals surface area contributed by atoms with Crippen molar-refractivity contribution in [2.24, 2.45) is 0 Å². The van der Waals surface area contributed by atoms with Gasteiger partial charge in [-0.1, -0.05) is 12.1 Å². The van der Waals surface area contributed by atoms with Crippen molar-refractivity contribution in [1.82, 2.24) is 20.3 Å². The molecule has 1 atom stereocenters. The molecule has 10 heteroatoms. The Balaban J connectivity index is 1.66. The van der Waals surface area contributed by atoms with Crippen molar-refractivity contribution in [3.8, 4) is 5.75 Å². The fourth-order valence-electron chi connectivity index (χ4n) is 3.07. The van der Waals surface area contributed by atoms with Crippen LogP contribution in [0, 0.1) is 5.82 Å². The number of alkyl halides is 3. The second kappa shape index (κ2) is 8.05. The summed E-state index contributed by atoms with van der Waals surface area (Å²) < 4.78 is 55.2. The first-order chi connectivity index (χ1) is 14.8. The highest BCUT2D eigenvalue weighted by Crippen LogP contribution is 2.29. The highest BCUT2D eigenvalue weighted by Gasteiger charge is 2.32. The topological polar surface area (TPSA) is 79.9 Å². The van der Waals surface area contributed by atoms with E-state index >= 15 is 0 Å². The number of carbonyl (C=O) groups excluding carboxylic acids is 1. The molecule has 2 N–H and O–H groups in total. The highest BCUT2D eigenvalue weighted by atomic mass is 19.4. The normalized spacial score (nSPS) is 12.5. The zero-order valence-electron chi connectivity index (χ0n) is 15.7. The van der Waals surface area contributed by atoms with E-state index in [9.17, 15) is 22.4 Å². The highest BCUT2D eigenvalue weighted by molar-refractivity contribution is 5.97. The SMILES string of the molecule is O=C(N[C@@H](c1ccc(OC(F)(F)F)c(F)c1)c1ccccn1)c1ccc2nc[nH]c2c1. The van der Waals surface area contributed by atoms with Crippen LogP contribution in [-0.2, 0) is 0 Å². The predicted octanol–water partition coefficient (Wildman–Crippen LogP) is 4.52. The third-order valence-corrected chi connectivity index (χ3v) is 4.46. The summed E-state index contributed by atoms with van der Waals surface area (Å²) in [5.41, 5.74) is 2.22. The van der Waals surface area contributed by atoms with Gasteiger partial charge in [-0.15, -0.1) is 13.2 Å². The monoisotopic (exact) mass is 430 g/mol. The zero-order chi connectivity index (χ0) is 22.0. The van der Waals surface area contributed by atoms with Crippen LogP contribution in [-0.4, -0.2) is 27.2 Å². The van der Waals surface area contributed by atoms with Crippen LogP contribution in [0.25, 0.3) is 11.0 Å². The Bertz CT molecular complexity index is 1230. The molecule has 0 aliphatic heterocycles. The summed E-state index contributed by atoms with van der Waals surface area (Å²) in [5, 5.41) is 2.75. The molecule has 2 aromatic heterocycles. The third kappa shape index (κ3) is 4.63. The molecule has 0 spiro atoms. The summed E-state index contributed by atoms with van der Waals surface area (Å²) in [6.07, 6.45) is -2.04. The van der Waals surface area contributed by atoms with Crippen LogP contribution >= 0.6 is 0 Å². The number of ether oxygens (including phenoxy) is 1. The van der Waals surface area contributed by atoms with E-state index in [1.165, 1.54) is 18.6 Å². The molecule has 158 valence electrons. The molecular formula is C21H14F4N4O2. The van der Waals surface area contributed by atoms with Crippen molar-refractivity contribution < 1.29 is 27.1 Å². The number of imidazole rings is 1. The number of hydrogen-bond acceptors (Lipinski definition) is 4. The van der Waals surface area contributed by atoms with Gasteiger partial charge in [0.25, 0.3) is 5.91 Å². The van der Waals surface area contributed by atoms with E-state index in [1.807, 2.05) is 0 Å². The summed E-state index contributed by atoms with van der Waals surface area (Å²) in [6, 6.07) is 11.9. The minimum absolute atomic E-state index is 0.196. The Morgan fingerprint density at radius 2 is 1.90 bits per heavy atom. The first-order valence-corrected chi connectivity index (χ1v) is 9.00. The van der Waals surface area contributed by atoms with Crippen molar-refractivity contribution in [3.05, 3.63) is 89.8 Å². The Morgan fingerprint density at radius 3 is 2.61 bits per heavy atom. The number of rotatable bonds is 5. The molecule has 6 nitrogen and oxygen atoms in total. The number of nitrogens with zero attached hydrogens (tertiary/aromatic N) is 2. The summed E-state index contributed by atoms with van der Waals surface area (Å²) in [4.78, 5) is 24.0. The lowest BCUT2D eigenvalue weighted by Gasteiger charge is -2.20. The standard InChI is InChI=1S/C21H14F4N4O2/c22-14-9-12(5-7-18(14)31-21(23,24)25)19(16-3-1-2-8-26-16)29-20(30)13-4-6-15-17(10-13)28-11-27-15/h1-11,19H,(H,27,28)(H,29,30)/t19-/m0/s1. The van der Waals surface area contributed by atoms with Gasteiger partial charge >= 0.3 is 6.36 Å². The van der Waals surface area contributed by atoms with Crippen molar-refractivity contribution in [2.45, 2.75) is 12.4 Å².